The van der Waals surface area contributed by atoms with E-state index in [9.17, 15) is 13.2 Å². The number of rotatable bonds is 5. The molecule has 3 rings (SSSR count). The minimum absolute atomic E-state index is 0.107. The summed E-state index contributed by atoms with van der Waals surface area (Å²) in [6.07, 6.45) is 0. The number of aromatic nitrogens is 1. The number of fused-ring (bicyclic) bond motifs is 1. The van der Waals surface area contributed by atoms with Crippen molar-refractivity contribution in [3.8, 4) is 5.75 Å². The van der Waals surface area contributed by atoms with Crippen LogP contribution in [0.2, 0.25) is 0 Å². The first kappa shape index (κ1) is 18.0. The Bertz CT molecular complexity index is 1090. The molecule has 0 radical (unpaired) electrons. The first-order valence-corrected chi connectivity index (χ1v) is 9.50. The molecule has 2 aromatic carbocycles. The second kappa shape index (κ2) is 6.81. The summed E-state index contributed by atoms with van der Waals surface area (Å²) in [5.41, 5.74) is 1.65. The average Bonchev–Trinajstić information content (AvgIpc) is 2.99. The molecular weight excluding hydrogens is 354 g/mol. The fourth-order valence-corrected chi connectivity index (χ4v) is 3.43. The van der Waals surface area contributed by atoms with Crippen molar-refractivity contribution in [1.29, 1.82) is 0 Å². The Morgan fingerprint density at radius 1 is 1.19 bits per heavy atom. The molecule has 0 atom stereocenters. The van der Waals surface area contributed by atoms with Crippen LogP contribution in [0.4, 0.5) is 5.69 Å². The number of anilines is 1. The van der Waals surface area contributed by atoms with Crippen LogP contribution in [0.5, 0.6) is 5.75 Å². The number of nitrogens with one attached hydrogen (secondary N) is 1. The molecule has 3 aromatic rings. The van der Waals surface area contributed by atoms with Crippen molar-refractivity contribution in [1.82, 2.24) is 4.57 Å². The van der Waals surface area contributed by atoms with E-state index in [2.05, 4.69) is 5.32 Å². The lowest BCUT2D eigenvalue weighted by Crippen LogP contribution is -2.18. The molecule has 0 saturated heterocycles. The van der Waals surface area contributed by atoms with E-state index in [1.807, 2.05) is 35.8 Å². The van der Waals surface area contributed by atoms with Crippen molar-refractivity contribution in [2.24, 2.45) is 5.14 Å². The number of aryl methyl sites for hydroxylation is 1. The Morgan fingerprint density at radius 3 is 2.58 bits per heavy atom. The van der Waals surface area contributed by atoms with E-state index in [1.165, 1.54) is 25.3 Å². The standard InChI is InChI=1S/C18H19N3O4S/c1-3-21-15-7-5-4-6-12(15)10-16(21)18(22)20-14-11-13(26(19,23)24)8-9-17(14)25-2/h4-11H,3H2,1-2H3,(H,20,22)(H2,19,23,24). The molecule has 7 nitrogen and oxygen atoms in total. The molecule has 0 aliphatic heterocycles. The fraction of sp³-hybridized carbons (Fsp3) is 0.167. The van der Waals surface area contributed by atoms with Crippen LogP contribution >= 0.6 is 0 Å². The number of hydrogen-bond donors (Lipinski definition) is 2. The van der Waals surface area contributed by atoms with Gasteiger partial charge in [0.25, 0.3) is 5.91 Å². The number of primary sulfonamides is 1. The van der Waals surface area contributed by atoms with Gasteiger partial charge in [0.05, 0.1) is 17.7 Å². The summed E-state index contributed by atoms with van der Waals surface area (Å²) >= 11 is 0. The molecule has 1 heterocycles. The highest BCUT2D eigenvalue weighted by Gasteiger charge is 2.18. The number of nitrogens with zero attached hydrogens (tertiary/aromatic N) is 1. The summed E-state index contributed by atoms with van der Waals surface area (Å²) in [6, 6.07) is 13.5. The van der Waals surface area contributed by atoms with Gasteiger partial charge >= 0.3 is 0 Å². The van der Waals surface area contributed by atoms with Gasteiger partial charge in [0.15, 0.2) is 0 Å². The van der Waals surface area contributed by atoms with Gasteiger partial charge < -0.3 is 14.6 Å². The van der Waals surface area contributed by atoms with Crippen molar-refractivity contribution in [2.45, 2.75) is 18.4 Å². The summed E-state index contributed by atoms with van der Waals surface area (Å²) in [6.45, 7) is 2.57. The normalized spacial score (nSPS) is 11.5. The molecular formula is C18H19N3O4S. The minimum atomic E-state index is -3.90. The Kier molecular flexibility index (Phi) is 4.71. The predicted molar refractivity (Wildman–Crippen MR) is 99.9 cm³/mol. The van der Waals surface area contributed by atoms with Gasteiger partial charge in [-0.2, -0.15) is 0 Å². The average molecular weight is 373 g/mol. The number of ether oxygens (including phenoxy) is 1. The lowest BCUT2D eigenvalue weighted by molar-refractivity contribution is 0.101. The Labute approximate surface area is 151 Å². The number of hydrogen-bond acceptors (Lipinski definition) is 4. The third kappa shape index (κ3) is 3.29. The zero-order valence-corrected chi connectivity index (χ0v) is 15.2. The number of sulfonamides is 1. The van der Waals surface area contributed by atoms with E-state index in [0.29, 0.717) is 18.0 Å². The quantitative estimate of drug-likeness (QED) is 0.717. The number of nitrogens with two attached hydrogens (primary N) is 1. The number of amides is 1. The SMILES string of the molecule is CCn1c(C(=O)Nc2cc(S(N)(=O)=O)ccc2OC)cc2ccccc21. The summed E-state index contributed by atoms with van der Waals surface area (Å²) in [5.74, 6) is -0.0298. The third-order valence-corrected chi connectivity index (χ3v) is 5.02. The van der Waals surface area contributed by atoms with E-state index in [0.717, 1.165) is 10.9 Å². The molecule has 0 spiro atoms. The molecule has 3 N–H and O–H groups in total. The Balaban J connectivity index is 2.03. The van der Waals surface area contributed by atoms with Crippen molar-refractivity contribution < 1.29 is 17.9 Å². The molecule has 136 valence electrons. The summed E-state index contributed by atoms with van der Waals surface area (Å²) in [4.78, 5) is 12.7. The molecule has 1 aromatic heterocycles. The van der Waals surface area contributed by atoms with Gasteiger partial charge in [-0.25, -0.2) is 13.6 Å². The summed E-state index contributed by atoms with van der Waals surface area (Å²) < 4.78 is 30.3. The van der Waals surface area contributed by atoms with E-state index < -0.39 is 10.0 Å². The van der Waals surface area contributed by atoms with Crippen LogP contribution < -0.4 is 15.2 Å². The van der Waals surface area contributed by atoms with Crippen LogP contribution in [0.25, 0.3) is 10.9 Å². The zero-order valence-electron chi connectivity index (χ0n) is 14.4. The summed E-state index contributed by atoms with van der Waals surface area (Å²) in [5, 5.41) is 8.84. The van der Waals surface area contributed by atoms with E-state index >= 15 is 0 Å². The van der Waals surface area contributed by atoms with E-state index in [4.69, 9.17) is 9.88 Å². The van der Waals surface area contributed by atoms with Gasteiger partial charge in [0.1, 0.15) is 11.4 Å². The van der Waals surface area contributed by atoms with Crippen LogP contribution in [-0.2, 0) is 16.6 Å². The van der Waals surface area contributed by atoms with Crippen LogP contribution in [-0.4, -0.2) is 26.0 Å². The van der Waals surface area contributed by atoms with Crippen molar-refractivity contribution in [2.75, 3.05) is 12.4 Å². The highest BCUT2D eigenvalue weighted by atomic mass is 32.2. The second-order valence-electron chi connectivity index (χ2n) is 5.69. The van der Waals surface area contributed by atoms with Crippen LogP contribution in [0.15, 0.2) is 53.4 Å². The number of para-hydroxylation sites is 1. The maximum atomic E-state index is 12.8. The molecule has 0 unspecified atom stereocenters. The second-order valence-corrected chi connectivity index (χ2v) is 7.26. The lowest BCUT2D eigenvalue weighted by Gasteiger charge is -2.13. The van der Waals surface area contributed by atoms with Gasteiger partial charge in [0.2, 0.25) is 10.0 Å². The molecule has 0 fully saturated rings. The lowest BCUT2D eigenvalue weighted by atomic mass is 10.2. The molecule has 26 heavy (non-hydrogen) atoms. The highest BCUT2D eigenvalue weighted by Crippen LogP contribution is 2.28. The fourth-order valence-electron chi connectivity index (χ4n) is 2.89. The monoisotopic (exact) mass is 373 g/mol. The predicted octanol–water partition coefficient (Wildman–Crippen LogP) is 2.57. The molecule has 8 heteroatoms. The molecule has 1 amide bonds. The highest BCUT2D eigenvalue weighted by molar-refractivity contribution is 7.89. The first-order chi connectivity index (χ1) is 12.3. The number of methoxy groups -OCH3 is 1. The van der Waals surface area contributed by atoms with Crippen molar-refractivity contribution >= 4 is 32.5 Å². The van der Waals surface area contributed by atoms with Gasteiger partial charge in [-0.15, -0.1) is 0 Å². The van der Waals surface area contributed by atoms with Crippen LogP contribution in [0, 0.1) is 0 Å². The van der Waals surface area contributed by atoms with E-state index in [1.54, 1.807) is 6.07 Å². The number of carbonyl (C=O) groups excluding carboxylic acids is 1. The molecule has 0 bridgehead atoms. The van der Waals surface area contributed by atoms with Gasteiger partial charge in [0, 0.05) is 17.4 Å². The largest absolute Gasteiger partial charge is 0.495 e. The molecule has 0 aliphatic rings. The maximum absolute atomic E-state index is 12.8. The number of benzene rings is 2. The topological polar surface area (TPSA) is 103 Å². The third-order valence-electron chi connectivity index (χ3n) is 4.11. The maximum Gasteiger partial charge on any atom is 0.272 e. The van der Waals surface area contributed by atoms with E-state index in [-0.39, 0.29) is 16.5 Å². The van der Waals surface area contributed by atoms with Gasteiger partial charge in [-0.3, -0.25) is 4.79 Å². The van der Waals surface area contributed by atoms with Crippen molar-refractivity contribution in [3.63, 3.8) is 0 Å². The zero-order chi connectivity index (χ0) is 18.9. The minimum Gasteiger partial charge on any atom is -0.495 e. The summed E-state index contributed by atoms with van der Waals surface area (Å²) in [7, 11) is -2.46. The molecule has 0 aliphatic carbocycles. The van der Waals surface area contributed by atoms with Gasteiger partial charge in [-0.1, -0.05) is 18.2 Å². The Hall–Kier alpha value is -2.84. The first-order valence-electron chi connectivity index (χ1n) is 7.95. The number of carbonyl (C=O) groups is 1. The Morgan fingerprint density at radius 2 is 1.92 bits per heavy atom. The smallest absolute Gasteiger partial charge is 0.272 e. The molecule has 0 saturated carbocycles. The van der Waals surface area contributed by atoms with Gasteiger partial charge in [-0.05, 0) is 37.3 Å². The van der Waals surface area contributed by atoms with Crippen molar-refractivity contribution in [3.05, 3.63) is 54.2 Å². The van der Waals surface area contributed by atoms with Crippen LogP contribution in [0.1, 0.15) is 17.4 Å². The van der Waals surface area contributed by atoms with Crippen LogP contribution in [0.3, 0.4) is 0 Å².